The molecule has 0 aliphatic heterocycles. The molecule has 0 fully saturated rings. The molecule has 0 saturated heterocycles. The summed E-state index contributed by atoms with van der Waals surface area (Å²) in [5, 5.41) is 8.81. The van der Waals surface area contributed by atoms with Crippen LogP contribution in [0.3, 0.4) is 0 Å². The Kier molecular flexibility index (Phi) is 8.27. The highest BCUT2D eigenvalue weighted by molar-refractivity contribution is 5.97. The van der Waals surface area contributed by atoms with Gasteiger partial charge in [0, 0.05) is 28.5 Å². The maximum absolute atomic E-state index is 12.3. The summed E-state index contributed by atoms with van der Waals surface area (Å²) in [4.78, 5) is 24.5. The third kappa shape index (κ3) is 8.15. The Morgan fingerprint density at radius 1 is 0.933 bits per heavy atom. The minimum absolute atomic E-state index is 0.0804. The third-order valence-electron chi connectivity index (χ3n) is 4.34. The van der Waals surface area contributed by atoms with Gasteiger partial charge >= 0.3 is 0 Å². The number of carbonyl (C=O) groups excluding carboxylic acids is 2. The van der Waals surface area contributed by atoms with Crippen LogP contribution in [0, 0.1) is 11.3 Å². The fourth-order valence-electron chi connectivity index (χ4n) is 2.49. The van der Waals surface area contributed by atoms with Gasteiger partial charge in [0.05, 0.1) is 13.2 Å². The van der Waals surface area contributed by atoms with Gasteiger partial charge in [0.25, 0.3) is 0 Å². The number of carbonyl (C=O) groups is 2. The Morgan fingerprint density at radius 2 is 1.57 bits per heavy atom. The number of rotatable bonds is 9. The average Bonchev–Trinajstić information content (AvgIpc) is 2.66. The molecule has 30 heavy (non-hydrogen) atoms. The minimum atomic E-state index is -0.490. The maximum Gasteiger partial charge on any atom is 0.243 e. The lowest BCUT2D eigenvalue weighted by Gasteiger charge is -2.18. The van der Waals surface area contributed by atoms with Crippen molar-refractivity contribution in [3.63, 3.8) is 0 Å². The Labute approximate surface area is 179 Å². The minimum Gasteiger partial charge on any atom is -0.494 e. The molecule has 0 radical (unpaired) electrons. The highest BCUT2D eigenvalue weighted by Crippen LogP contribution is 2.20. The van der Waals surface area contributed by atoms with E-state index in [4.69, 9.17) is 4.74 Å². The molecule has 0 unspecified atom stereocenters. The van der Waals surface area contributed by atoms with E-state index < -0.39 is 5.41 Å². The second kappa shape index (κ2) is 10.7. The first kappa shape index (κ1) is 23.3. The van der Waals surface area contributed by atoms with Gasteiger partial charge in [0.15, 0.2) is 0 Å². The van der Waals surface area contributed by atoms with Crippen molar-refractivity contribution < 1.29 is 14.3 Å². The van der Waals surface area contributed by atoms with E-state index >= 15 is 0 Å². The van der Waals surface area contributed by atoms with Gasteiger partial charge in [-0.2, -0.15) is 0 Å². The number of hydrogen-bond acceptors (Lipinski definition) is 4. The maximum atomic E-state index is 12.3. The lowest BCUT2D eigenvalue weighted by Crippen LogP contribution is -2.27. The summed E-state index contributed by atoms with van der Waals surface area (Å²) >= 11 is 0. The molecule has 0 aromatic heterocycles. The highest BCUT2D eigenvalue weighted by Gasteiger charge is 2.21. The molecule has 2 aromatic carbocycles. The second-order valence-corrected chi connectivity index (χ2v) is 8.75. The molecule has 0 bridgehead atoms. The number of hydrogen-bond donors (Lipinski definition) is 3. The van der Waals surface area contributed by atoms with E-state index in [1.165, 1.54) is 0 Å². The normalized spacial score (nSPS) is 11.1. The van der Waals surface area contributed by atoms with E-state index in [-0.39, 0.29) is 18.4 Å². The number of ether oxygens (including phenoxy) is 1. The van der Waals surface area contributed by atoms with Gasteiger partial charge in [-0.3, -0.25) is 9.59 Å². The Bertz CT molecular complexity index is 857. The number of amides is 2. The molecule has 0 atom stereocenters. The molecule has 3 N–H and O–H groups in total. The van der Waals surface area contributed by atoms with E-state index in [2.05, 4.69) is 29.8 Å². The molecule has 6 heteroatoms. The van der Waals surface area contributed by atoms with Crippen molar-refractivity contribution in [2.45, 2.75) is 41.0 Å². The number of anilines is 3. The van der Waals surface area contributed by atoms with Crippen LogP contribution in [0.5, 0.6) is 5.75 Å². The van der Waals surface area contributed by atoms with E-state index in [1.54, 1.807) is 24.3 Å². The molecule has 162 valence electrons. The van der Waals surface area contributed by atoms with Gasteiger partial charge < -0.3 is 20.7 Å². The van der Waals surface area contributed by atoms with Crippen LogP contribution in [-0.4, -0.2) is 25.0 Å². The predicted octanol–water partition coefficient (Wildman–Crippen LogP) is 5.15. The fourth-order valence-corrected chi connectivity index (χ4v) is 2.49. The van der Waals surface area contributed by atoms with Crippen molar-refractivity contribution in [2.24, 2.45) is 11.3 Å². The van der Waals surface area contributed by atoms with Crippen molar-refractivity contribution in [1.29, 1.82) is 0 Å². The molecule has 0 aliphatic carbocycles. The average molecular weight is 412 g/mol. The van der Waals surface area contributed by atoms with Crippen LogP contribution < -0.4 is 20.7 Å². The first-order valence-corrected chi connectivity index (χ1v) is 10.3. The van der Waals surface area contributed by atoms with Gasteiger partial charge in [0.1, 0.15) is 5.75 Å². The van der Waals surface area contributed by atoms with Gasteiger partial charge in [-0.25, -0.2) is 0 Å². The zero-order chi connectivity index (χ0) is 22.1. The zero-order valence-electron chi connectivity index (χ0n) is 18.5. The lowest BCUT2D eigenvalue weighted by molar-refractivity contribution is -0.123. The van der Waals surface area contributed by atoms with Crippen LogP contribution in [-0.2, 0) is 9.59 Å². The summed E-state index contributed by atoms with van der Waals surface area (Å²) in [7, 11) is 0. The van der Waals surface area contributed by atoms with Crippen LogP contribution in [0.2, 0.25) is 0 Å². The highest BCUT2D eigenvalue weighted by atomic mass is 16.5. The molecule has 0 spiro atoms. The van der Waals surface area contributed by atoms with Crippen molar-refractivity contribution in [1.82, 2.24) is 0 Å². The summed E-state index contributed by atoms with van der Waals surface area (Å²) in [5.74, 6) is 1.11. The van der Waals surface area contributed by atoms with Crippen LogP contribution >= 0.6 is 0 Å². The van der Waals surface area contributed by atoms with Crippen LogP contribution in [0.1, 0.15) is 41.0 Å². The first-order chi connectivity index (χ1) is 14.1. The molecule has 0 saturated carbocycles. The zero-order valence-corrected chi connectivity index (χ0v) is 18.5. The van der Waals surface area contributed by atoms with Crippen LogP contribution in [0.4, 0.5) is 17.1 Å². The molecule has 0 aliphatic rings. The third-order valence-corrected chi connectivity index (χ3v) is 4.34. The van der Waals surface area contributed by atoms with E-state index in [0.29, 0.717) is 23.9 Å². The van der Waals surface area contributed by atoms with Crippen molar-refractivity contribution in [3.05, 3.63) is 48.5 Å². The first-order valence-electron chi connectivity index (χ1n) is 10.3. The van der Waals surface area contributed by atoms with E-state index in [9.17, 15) is 9.59 Å². The molecular weight excluding hydrogens is 378 g/mol. The monoisotopic (exact) mass is 411 g/mol. The number of nitrogens with one attached hydrogen (secondary N) is 3. The van der Waals surface area contributed by atoms with Crippen LogP contribution in [0.25, 0.3) is 0 Å². The van der Waals surface area contributed by atoms with Crippen molar-refractivity contribution in [2.75, 3.05) is 29.1 Å². The standard InChI is InChI=1S/C24H33N3O3/c1-17(2)12-13-30-21-11-7-8-18(15-21)25-16-22(28)26-19-9-6-10-20(14-19)27-23(29)24(3,4)5/h6-11,14-15,17,25H,12-13,16H2,1-5H3,(H,26,28)(H,27,29). The molecular formula is C24H33N3O3. The van der Waals surface area contributed by atoms with Gasteiger partial charge in [0.2, 0.25) is 11.8 Å². The Morgan fingerprint density at radius 3 is 2.23 bits per heavy atom. The van der Waals surface area contributed by atoms with Crippen molar-refractivity contribution >= 4 is 28.9 Å². The van der Waals surface area contributed by atoms with E-state index in [1.807, 2.05) is 45.0 Å². The summed E-state index contributed by atoms with van der Waals surface area (Å²) in [6, 6.07) is 14.7. The Hall–Kier alpha value is -3.02. The smallest absolute Gasteiger partial charge is 0.243 e. The lowest BCUT2D eigenvalue weighted by atomic mass is 9.95. The molecule has 2 aromatic rings. The van der Waals surface area contributed by atoms with Gasteiger partial charge in [-0.05, 0) is 42.7 Å². The quantitative estimate of drug-likeness (QED) is 0.533. The summed E-state index contributed by atoms with van der Waals surface area (Å²) < 4.78 is 5.75. The molecule has 0 heterocycles. The fraction of sp³-hybridized carbons (Fsp3) is 0.417. The Balaban J connectivity index is 1.86. The predicted molar refractivity (Wildman–Crippen MR) is 123 cm³/mol. The van der Waals surface area contributed by atoms with Gasteiger partial charge in [-0.15, -0.1) is 0 Å². The van der Waals surface area contributed by atoms with E-state index in [0.717, 1.165) is 17.9 Å². The topological polar surface area (TPSA) is 79.5 Å². The SMILES string of the molecule is CC(C)CCOc1cccc(NCC(=O)Nc2cccc(NC(=O)C(C)(C)C)c2)c1. The largest absolute Gasteiger partial charge is 0.494 e. The number of benzene rings is 2. The summed E-state index contributed by atoms with van der Waals surface area (Å²) in [5.41, 5.74) is 1.60. The summed E-state index contributed by atoms with van der Waals surface area (Å²) in [6.45, 7) is 10.7. The van der Waals surface area contributed by atoms with Crippen LogP contribution in [0.15, 0.2) is 48.5 Å². The molecule has 2 amide bonds. The van der Waals surface area contributed by atoms with Gasteiger partial charge in [-0.1, -0.05) is 46.8 Å². The summed E-state index contributed by atoms with van der Waals surface area (Å²) in [6.07, 6.45) is 0.995. The molecule has 6 nitrogen and oxygen atoms in total. The molecule has 2 rings (SSSR count). The second-order valence-electron chi connectivity index (χ2n) is 8.75. The van der Waals surface area contributed by atoms with Crippen molar-refractivity contribution in [3.8, 4) is 5.75 Å².